The van der Waals surface area contributed by atoms with Gasteiger partial charge in [0.05, 0.1) is 5.69 Å². The summed E-state index contributed by atoms with van der Waals surface area (Å²) in [5.41, 5.74) is 2.87. The smallest absolute Gasteiger partial charge is 0.251 e. The van der Waals surface area contributed by atoms with Crippen LogP contribution in [0.2, 0.25) is 0 Å². The molecule has 0 aromatic heterocycles. The lowest BCUT2D eigenvalue weighted by Crippen LogP contribution is -2.44. The fraction of sp³-hybridized carbons (Fsp3) is 0.500. The fourth-order valence-corrected chi connectivity index (χ4v) is 5.90. The molecule has 6 heteroatoms. The summed E-state index contributed by atoms with van der Waals surface area (Å²) < 4.78 is 13.3. The number of rotatable bonds is 7. The van der Waals surface area contributed by atoms with E-state index in [1.54, 1.807) is 0 Å². The van der Waals surface area contributed by atoms with Crippen LogP contribution in [0.15, 0.2) is 47.4 Å². The molecule has 1 fully saturated rings. The summed E-state index contributed by atoms with van der Waals surface area (Å²) in [5, 5.41) is 3.11. The molecule has 0 aliphatic carbocycles. The number of likely N-dealkylation sites (tertiary alicyclic amines) is 1. The second-order valence-electron chi connectivity index (χ2n) is 9.06. The van der Waals surface area contributed by atoms with Crippen molar-refractivity contribution in [1.29, 1.82) is 0 Å². The van der Waals surface area contributed by atoms with E-state index in [1.807, 2.05) is 36.0 Å². The minimum Gasteiger partial charge on any atom is -0.365 e. The molecule has 4 nitrogen and oxygen atoms in total. The highest BCUT2D eigenvalue weighted by molar-refractivity contribution is 7.99. The third kappa shape index (κ3) is 5.65. The topological polar surface area (TPSA) is 35.6 Å². The number of fused-ring (bicyclic) bond motifs is 1. The van der Waals surface area contributed by atoms with E-state index in [2.05, 4.69) is 35.0 Å². The molecule has 1 saturated heterocycles. The highest BCUT2D eigenvalue weighted by Gasteiger charge is 2.24. The monoisotopic (exact) mass is 455 g/mol. The van der Waals surface area contributed by atoms with E-state index in [0.717, 1.165) is 36.5 Å². The highest BCUT2D eigenvalue weighted by Crippen LogP contribution is 2.36. The first-order valence-electron chi connectivity index (χ1n) is 11.8. The average molecular weight is 456 g/mol. The zero-order valence-corrected chi connectivity index (χ0v) is 20.0. The summed E-state index contributed by atoms with van der Waals surface area (Å²) in [7, 11) is 0. The molecule has 0 spiro atoms. The first-order valence-corrected chi connectivity index (χ1v) is 12.8. The van der Waals surface area contributed by atoms with E-state index < -0.39 is 0 Å². The molecule has 2 aromatic rings. The van der Waals surface area contributed by atoms with Crippen LogP contribution < -0.4 is 10.2 Å². The van der Waals surface area contributed by atoms with E-state index in [0.29, 0.717) is 30.7 Å². The van der Waals surface area contributed by atoms with Crippen molar-refractivity contribution >= 4 is 23.4 Å². The van der Waals surface area contributed by atoms with Crippen molar-refractivity contribution in [1.82, 2.24) is 10.2 Å². The molecule has 32 heavy (non-hydrogen) atoms. The van der Waals surface area contributed by atoms with Crippen molar-refractivity contribution in [2.75, 3.05) is 30.3 Å². The van der Waals surface area contributed by atoms with Gasteiger partial charge in [0.25, 0.3) is 5.91 Å². The third-order valence-corrected chi connectivity index (χ3v) is 7.76. The molecule has 0 unspecified atom stereocenters. The Morgan fingerprint density at radius 2 is 1.88 bits per heavy atom. The van der Waals surface area contributed by atoms with Crippen LogP contribution in [0.25, 0.3) is 0 Å². The lowest BCUT2D eigenvalue weighted by atomic mass is 9.97. The predicted octanol–water partition coefficient (Wildman–Crippen LogP) is 5.32. The number of hydrogen-bond donors (Lipinski definition) is 1. The summed E-state index contributed by atoms with van der Waals surface area (Å²) >= 11 is 1.82. The van der Waals surface area contributed by atoms with Crippen LogP contribution >= 0.6 is 11.8 Å². The van der Waals surface area contributed by atoms with Gasteiger partial charge in [-0.2, -0.15) is 0 Å². The third-order valence-electron chi connectivity index (χ3n) is 6.72. The van der Waals surface area contributed by atoms with Crippen molar-refractivity contribution < 1.29 is 9.18 Å². The van der Waals surface area contributed by atoms with Crippen molar-refractivity contribution in [3.05, 3.63) is 59.4 Å². The summed E-state index contributed by atoms with van der Waals surface area (Å²) in [6.45, 7) is 7.99. The Morgan fingerprint density at radius 3 is 2.62 bits per heavy atom. The lowest BCUT2D eigenvalue weighted by Gasteiger charge is -2.39. The molecule has 0 bridgehead atoms. The minimum absolute atomic E-state index is 0.00940. The van der Waals surface area contributed by atoms with Crippen LogP contribution in [0.4, 0.5) is 10.1 Å². The number of benzene rings is 2. The SMILES string of the molecule is C[C@@H]1CCC[C@H](C)N1CCCNC(=O)c1ccc2c(c1)N(Cc1ccc(F)cc1)CCS2. The first kappa shape index (κ1) is 23.1. The predicted molar refractivity (Wildman–Crippen MR) is 131 cm³/mol. The zero-order valence-electron chi connectivity index (χ0n) is 19.1. The van der Waals surface area contributed by atoms with Crippen LogP contribution in [0.3, 0.4) is 0 Å². The molecule has 0 saturated carbocycles. The highest BCUT2D eigenvalue weighted by atomic mass is 32.2. The molecule has 1 N–H and O–H groups in total. The van der Waals surface area contributed by atoms with E-state index in [1.165, 1.54) is 36.3 Å². The lowest BCUT2D eigenvalue weighted by molar-refractivity contribution is 0.0925. The van der Waals surface area contributed by atoms with Gasteiger partial charge in [0.15, 0.2) is 0 Å². The molecule has 1 amide bonds. The summed E-state index contributed by atoms with van der Waals surface area (Å²) in [6, 6.07) is 13.9. The first-order chi connectivity index (χ1) is 15.5. The van der Waals surface area contributed by atoms with Crippen molar-refractivity contribution in [3.8, 4) is 0 Å². The maximum absolute atomic E-state index is 13.3. The standard InChI is InChI=1S/C26H34FN3OS/c1-19-5-3-6-20(2)30(19)14-4-13-28-26(31)22-9-12-25-24(17-22)29(15-16-32-25)18-21-7-10-23(27)11-8-21/h7-12,17,19-20H,3-6,13-16,18H2,1-2H3,(H,28,31)/t19-,20+. The normalized spacial score (nSPS) is 21.3. The van der Waals surface area contributed by atoms with Gasteiger partial charge in [0.2, 0.25) is 0 Å². The second-order valence-corrected chi connectivity index (χ2v) is 10.2. The second kappa shape index (κ2) is 10.7. The Balaban J connectivity index is 1.34. The summed E-state index contributed by atoms with van der Waals surface area (Å²) in [4.78, 5) is 18.9. The number of thioether (sulfide) groups is 1. The molecule has 2 heterocycles. The van der Waals surface area contributed by atoms with Crippen molar-refractivity contribution in [2.24, 2.45) is 0 Å². The molecular weight excluding hydrogens is 421 g/mol. The van der Waals surface area contributed by atoms with Gasteiger partial charge in [-0.25, -0.2) is 4.39 Å². The molecule has 172 valence electrons. The number of halogens is 1. The number of nitrogens with zero attached hydrogens (tertiary/aromatic N) is 2. The van der Waals surface area contributed by atoms with Gasteiger partial charge in [-0.3, -0.25) is 9.69 Å². The van der Waals surface area contributed by atoms with Gasteiger partial charge in [-0.05, 0) is 69.0 Å². The average Bonchev–Trinajstić information content (AvgIpc) is 2.79. The molecule has 2 aliphatic heterocycles. The van der Waals surface area contributed by atoms with Crippen molar-refractivity contribution in [2.45, 2.75) is 63.1 Å². The largest absolute Gasteiger partial charge is 0.365 e. The Hall–Kier alpha value is -2.05. The number of piperidine rings is 1. The summed E-state index contributed by atoms with van der Waals surface area (Å²) in [6.07, 6.45) is 4.85. The minimum atomic E-state index is -0.216. The van der Waals surface area contributed by atoms with Gasteiger partial charge in [0.1, 0.15) is 5.82 Å². The maximum Gasteiger partial charge on any atom is 0.251 e. The number of carbonyl (C=O) groups excluding carboxylic acids is 1. The Labute approximate surface area is 195 Å². The Bertz CT molecular complexity index is 910. The molecule has 4 rings (SSSR count). The molecular formula is C26H34FN3OS. The number of amides is 1. The zero-order chi connectivity index (χ0) is 22.5. The molecule has 2 atom stereocenters. The molecule has 2 aromatic carbocycles. The van der Waals surface area contributed by atoms with Gasteiger partial charge in [-0.15, -0.1) is 11.8 Å². The molecule has 2 aliphatic rings. The van der Waals surface area contributed by atoms with E-state index in [-0.39, 0.29) is 11.7 Å². The van der Waals surface area contributed by atoms with Crippen LogP contribution in [0, 0.1) is 5.82 Å². The van der Waals surface area contributed by atoms with Crippen LogP contribution in [0.5, 0.6) is 0 Å². The van der Waals surface area contributed by atoms with E-state index in [9.17, 15) is 9.18 Å². The van der Waals surface area contributed by atoms with Crippen LogP contribution in [-0.2, 0) is 6.54 Å². The van der Waals surface area contributed by atoms with Gasteiger partial charge in [-0.1, -0.05) is 18.6 Å². The van der Waals surface area contributed by atoms with Crippen molar-refractivity contribution in [3.63, 3.8) is 0 Å². The fourth-order valence-electron chi connectivity index (χ4n) is 4.87. The number of carbonyl (C=O) groups is 1. The van der Waals surface area contributed by atoms with E-state index in [4.69, 9.17) is 0 Å². The quantitative estimate of drug-likeness (QED) is 0.573. The van der Waals surface area contributed by atoms with Gasteiger partial charge >= 0.3 is 0 Å². The number of anilines is 1. The molecule has 0 radical (unpaired) electrons. The Morgan fingerprint density at radius 1 is 1.12 bits per heavy atom. The number of nitrogens with one attached hydrogen (secondary N) is 1. The van der Waals surface area contributed by atoms with Crippen LogP contribution in [0.1, 0.15) is 55.5 Å². The van der Waals surface area contributed by atoms with Gasteiger partial charge < -0.3 is 10.2 Å². The van der Waals surface area contributed by atoms with Gasteiger partial charge in [0, 0.05) is 54.5 Å². The Kier molecular flexibility index (Phi) is 7.74. The van der Waals surface area contributed by atoms with Crippen LogP contribution in [-0.4, -0.2) is 48.3 Å². The summed E-state index contributed by atoms with van der Waals surface area (Å²) in [5.74, 6) is 0.781. The maximum atomic E-state index is 13.3. The number of hydrogen-bond acceptors (Lipinski definition) is 4. The van der Waals surface area contributed by atoms with E-state index >= 15 is 0 Å².